The van der Waals surface area contributed by atoms with E-state index >= 15 is 0 Å². The van der Waals surface area contributed by atoms with E-state index < -0.39 is 33.3 Å². The molecule has 0 saturated heterocycles. The Balaban J connectivity index is 0.771. The highest BCUT2D eigenvalue weighted by molar-refractivity contribution is 6.74. The summed E-state index contributed by atoms with van der Waals surface area (Å²) in [6.07, 6.45) is 0. The van der Waals surface area contributed by atoms with Crippen LogP contribution in [-0.2, 0) is 72.5 Å². The first-order valence-corrected chi connectivity index (χ1v) is 54.0. The fraction of sp³-hybridized carbons (Fsp3) is 0.121. The second-order valence-electron chi connectivity index (χ2n) is 33.9. The first-order valence-electron chi connectivity index (χ1n) is 43.9. The van der Waals surface area contributed by atoms with Crippen LogP contribution in [0.15, 0.2) is 485 Å². The summed E-state index contributed by atoms with van der Waals surface area (Å²) in [5, 5.41) is 0. The number of rotatable bonds is 38. The van der Waals surface area contributed by atoms with E-state index in [1.807, 2.05) is 0 Å². The van der Waals surface area contributed by atoms with Crippen LogP contribution in [0.1, 0.15) is 112 Å². The van der Waals surface area contributed by atoms with Gasteiger partial charge in [0.15, 0.2) is 0 Å². The third kappa shape index (κ3) is 22.6. The molecule has 17 rings (SSSR count). The Hall–Kier alpha value is -13.2. The highest BCUT2D eigenvalue weighted by atomic mass is 28.4. The van der Waals surface area contributed by atoms with Gasteiger partial charge in [-0.25, -0.2) is 0 Å². The topological polar surface area (TPSA) is 36.9 Å². The lowest BCUT2D eigenvalue weighted by Gasteiger charge is -2.34. The zero-order valence-electron chi connectivity index (χ0n) is 70.5. The SMILES string of the molecule is c1ccc(C[Si](Cc2ccccc2)(Cc2ccccc2)Oc2ccc(C(c3ccc(O[Si](Cc4ccccc4)(Cc4ccccc4)Cc4ccccc4)cc3)c3ccc(C(c4ccc(O[Si](Cc5ccccc5)(Cc5ccccc5)Cc5ccccc5)cc4)c4ccc(O[Si](Cc5ccccc5)(Cc5ccccc5)Cc5ccccc5)cc4)cc3)cc2)cc1. The van der Waals surface area contributed by atoms with E-state index in [4.69, 9.17) is 17.7 Å². The van der Waals surface area contributed by atoms with E-state index in [0.29, 0.717) is 0 Å². The van der Waals surface area contributed by atoms with Gasteiger partial charge in [-0.3, -0.25) is 0 Å². The standard InChI is InChI=1S/C116H106O4Si4/c1-13-37-93(38-14-1)81-121(82-94-39-15-2-16-40-94,83-95-41-17-3-18-42-95)117-111-73-65-107(66-74-111)115(108-67-75-112(76-68-108)118-122(84-96-43-19-4-20-44-96,85-97-45-21-5-22-46-97)86-98-47-23-6-24-48-98)105-61-63-106(64-62-105)116(109-69-77-113(78-70-109)119-123(87-99-49-25-7-26-50-99,88-100-51-27-8-28-52-100)89-101-53-29-9-30-54-101)110-71-79-114(80-72-110)120-124(90-102-55-31-10-32-56-102,91-103-57-33-11-34-58-103)92-104-59-35-12-36-60-104/h1-80,115-116H,81-92H2. The third-order valence-electron chi connectivity index (χ3n) is 24.2. The highest BCUT2D eigenvalue weighted by Crippen LogP contribution is 2.41. The van der Waals surface area contributed by atoms with Gasteiger partial charge in [0.1, 0.15) is 23.0 Å². The monoisotopic (exact) mass is 1670 g/mol. The van der Waals surface area contributed by atoms with Gasteiger partial charge in [-0.15, -0.1) is 0 Å². The summed E-state index contributed by atoms with van der Waals surface area (Å²) in [5.41, 5.74) is 22.5. The maximum Gasteiger partial charge on any atom is 0.264 e. The van der Waals surface area contributed by atoms with Crippen LogP contribution in [0, 0.1) is 0 Å². The Bertz CT molecular complexity index is 4900. The first-order chi connectivity index (χ1) is 61.2. The van der Waals surface area contributed by atoms with Crippen LogP contribution in [0.3, 0.4) is 0 Å². The van der Waals surface area contributed by atoms with Gasteiger partial charge in [-0.1, -0.05) is 437 Å². The summed E-state index contributed by atoms with van der Waals surface area (Å²) in [6, 6.07) is 188. The van der Waals surface area contributed by atoms with E-state index in [9.17, 15) is 0 Å². The smallest absolute Gasteiger partial charge is 0.264 e. The normalized spacial score (nSPS) is 11.8. The molecule has 0 atom stereocenters. The van der Waals surface area contributed by atoms with Crippen molar-refractivity contribution in [3.8, 4) is 23.0 Å². The van der Waals surface area contributed by atoms with Crippen molar-refractivity contribution < 1.29 is 17.7 Å². The second-order valence-corrected chi connectivity index (χ2v) is 48.4. The van der Waals surface area contributed by atoms with Crippen molar-refractivity contribution in [2.75, 3.05) is 0 Å². The van der Waals surface area contributed by atoms with Crippen LogP contribution in [0.25, 0.3) is 0 Å². The van der Waals surface area contributed by atoms with Gasteiger partial charge in [0.2, 0.25) is 0 Å². The molecule has 0 aromatic heterocycles. The molecular formula is C116H106O4Si4. The van der Waals surface area contributed by atoms with Crippen molar-refractivity contribution in [2.24, 2.45) is 0 Å². The van der Waals surface area contributed by atoms with Crippen molar-refractivity contribution in [3.63, 3.8) is 0 Å². The Morgan fingerprint density at radius 1 is 0.121 bits per heavy atom. The molecular weight excluding hydrogens is 1570 g/mol. The van der Waals surface area contributed by atoms with Crippen molar-refractivity contribution in [1.82, 2.24) is 0 Å². The predicted octanol–water partition coefficient (Wildman–Crippen LogP) is 26.7. The van der Waals surface area contributed by atoms with Crippen LogP contribution >= 0.6 is 0 Å². The molecule has 0 amide bonds. The fourth-order valence-electron chi connectivity index (χ4n) is 18.7. The molecule has 0 N–H and O–H groups in total. The van der Waals surface area contributed by atoms with E-state index in [0.717, 1.165) is 118 Å². The van der Waals surface area contributed by atoms with Gasteiger partial charge < -0.3 is 17.7 Å². The quantitative estimate of drug-likeness (QED) is 0.0285. The van der Waals surface area contributed by atoms with E-state index in [2.05, 4.69) is 485 Å². The molecule has 4 nitrogen and oxygen atoms in total. The Morgan fingerprint density at radius 3 is 0.323 bits per heavy atom. The average Bonchev–Trinajstić information content (AvgIpc) is 0.788. The minimum atomic E-state index is -2.74. The maximum absolute atomic E-state index is 7.80. The summed E-state index contributed by atoms with van der Waals surface area (Å²) < 4.78 is 31.2. The first kappa shape index (κ1) is 83.1. The van der Waals surface area contributed by atoms with Crippen molar-refractivity contribution in [2.45, 2.75) is 84.4 Å². The molecule has 0 fully saturated rings. The molecule has 0 radical (unpaired) electrons. The van der Waals surface area contributed by atoms with Gasteiger partial charge in [-0.2, -0.15) is 0 Å². The van der Waals surface area contributed by atoms with Crippen LogP contribution in [0.2, 0.25) is 0 Å². The molecule has 8 heteroatoms. The molecule has 0 bridgehead atoms. The summed E-state index contributed by atoms with van der Waals surface area (Å²) in [7, 11) is -11.0. The molecule has 0 aliphatic heterocycles. The number of hydrogen-bond donors (Lipinski definition) is 0. The van der Waals surface area contributed by atoms with Crippen LogP contribution in [0.4, 0.5) is 0 Å². The van der Waals surface area contributed by atoms with E-state index in [1.54, 1.807) is 0 Å². The highest BCUT2D eigenvalue weighted by Gasteiger charge is 2.43. The molecule has 0 saturated carbocycles. The lowest BCUT2D eigenvalue weighted by Crippen LogP contribution is -2.50. The average molecular weight is 1680 g/mol. The third-order valence-corrected chi connectivity index (χ3v) is 39.5. The van der Waals surface area contributed by atoms with Crippen molar-refractivity contribution in [3.05, 3.63) is 585 Å². The summed E-state index contributed by atoms with van der Waals surface area (Å²) in [6.45, 7) is 0. The lowest BCUT2D eigenvalue weighted by atomic mass is 9.81. The molecule has 0 heterocycles. The zero-order chi connectivity index (χ0) is 83.7. The van der Waals surface area contributed by atoms with Gasteiger partial charge in [-0.05, 0) is 149 Å². The second kappa shape index (κ2) is 40.7. The van der Waals surface area contributed by atoms with Gasteiger partial charge >= 0.3 is 0 Å². The van der Waals surface area contributed by atoms with Gasteiger partial charge in [0, 0.05) is 84.4 Å². The summed E-state index contributed by atoms with van der Waals surface area (Å²) >= 11 is 0. The molecule has 124 heavy (non-hydrogen) atoms. The number of benzene rings is 17. The van der Waals surface area contributed by atoms with Crippen LogP contribution in [-0.4, -0.2) is 33.3 Å². The van der Waals surface area contributed by atoms with Crippen molar-refractivity contribution in [1.29, 1.82) is 0 Å². The summed E-state index contributed by atoms with van der Waals surface area (Å²) in [5.74, 6) is 3.19. The molecule has 0 spiro atoms. The Labute approximate surface area is 738 Å². The van der Waals surface area contributed by atoms with Gasteiger partial charge in [0.25, 0.3) is 33.3 Å². The van der Waals surface area contributed by atoms with Crippen LogP contribution in [0.5, 0.6) is 23.0 Å². The minimum absolute atomic E-state index is 0.178. The number of hydrogen-bond acceptors (Lipinski definition) is 4. The lowest BCUT2D eigenvalue weighted by molar-refractivity contribution is 0.523. The van der Waals surface area contributed by atoms with Crippen LogP contribution < -0.4 is 17.7 Å². The Kier molecular flexibility index (Phi) is 27.2. The summed E-state index contributed by atoms with van der Waals surface area (Å²) in [4.78, 5) is 0. The molecule has 17 aromatic rings. The van der Waals surface area contributed by atoms with Gasteiger partial charge in [0.05, 0.1) is 0 Å². The minimum Gasteiger partial charge on any atom is -0.542 e. The maximum atomic E-state index is 7.80. The largest absolute Gasteiger partial charge is 0.542 e. The molecule has 610 valence electrons. The molecule has 0 unspecified atom stereocenters. The van der Waals surface area contributed by atoms with Crippen molar-refractivity contribution >= 4 is 33.3 Å². The molecule has 17 aromatic carbocycles. The molecule has 0 aliphatic carbocycles. The molecule has 0 aliphatic rings. The zero-order valence-corrected chi connectivity index (χ0v) is 74.5. The fourth-order valence-corrected chi connectivity index (χ4v) is 35.4. The predicted molar refractivity (Wildman–Crippen MR) is 521 cm³/mol. The van der Waals surface area contributed by atoms with E-state index in [1.165, 1.54) is 77.9 Å². The van der Waals surface area contributed by atoms with E-state index in [-0.39, 0.29) is 11.8 Å². The Morgan fingerprint density at radius 2 is 0.218 bits per heavy atom.